The van der Waals surface area contributed by atoms with E-state index in [1.807, 2.05) is 31.2 Å². The first-order valence-corrected chi connectivity index (χ1v) is 11.6. The molecule has 0 spiro atoms. The predicted octanol–water partition coefficient (Wildman–Crippen LogP) is 3.77. The molecule has 1 heterocycles. The van der Waals surface area contributed by atoms with E-state index in [9.17, 15) is 4.79 Å². The third-order valence-corrected chi connectivity index (χ3v) is 5.30. The molecule has 0 aliphatic carbocycles. The predicted molar refractivity (Wildman–Crippen MR) is 94.3 cm³/mol. The summed E-state index contributed by atoms with van der Waals surface area (Å²) in [6, 6.07) is 8.97. The molecule has 0 N–H and O–H groups in total. The van der Waals surface area contributed by atoms with Gasteiger partial charge in [-0.1, -0.05) is 43.9 Å². The van der Waals surface area contributed by atoms with Gasteiger partial charge in [0.15, 0.2) is 18.2 Å². The Hall–Kier alpha value is -1.79. The van der Waals surface area contributed by atoms with Crippen molar-refractivity contribution in [2.75, 3.05) is 6.61 Å². The van der Waals surface area contributed by atoms with E-state index in [0.29, 0.717) is 18.0 Å². The minimum atomic E-state index is -1.11. The number of ether oxygens (including phenoxy) is 1. The largest absolute Gasteiger partial charge is 0.358 e. The van der Waals surface area contributed by atoms with Crippen molar-refractivity contribution < 1.29 is 9.53 Å². The number of carbonyl (C=O) groups excluding carboxylic acids is 1. The van der Waals surface area contributed by atoms with E-state index in [1.165, 1.54) is 11.7 Å². The number of carbonyl (C=O) groups is 1. The number of rotatable bonds is 7. The fourth-order valence-corrected chi connectivity index (χ4v) is 2.94. The first-order chi connectivity index (χ1) is 10.8. The van der Waals surface area contributed by atoms with Gasteiger partial charge in [0.2, 0.25) is 0 Å². The van der Waals surface area contributed by atoms with E-state index in [4.69, 9.17) is 4.74 Å². The number of hydrogen-bond acceptors (Lipinski definition) is 4. The fourth-order valence-electron chi connectivity index (χ4n) is 2.19. The summed E-state index contributed by atoms with van der Waals surface area (Å²) in [6.07, 6.45) is 0. The van der Waals surface area contributed by atoms with Crippen molar-refractivity contribution >= 4 is 13.9 Å². The normalized spacial score (nSPS) is 11.7. The van der Waals surface area contributed by atoms with Crippen molar-refractivity contribution in [1.29, 1.82) is 0 Å². The van der Waals surface area contributed by atoms with E-state index in [1.54, 1.807) is 0 Å². The molecule has 6 heteroatoms. The average Bonchev–Trinajstić information content (AvgIpc) is 2.87. The molecule has 0 saturated heterocycles. The van der Waals surface area contributed by atoms with E-state index >= 15 is 0 Å². The Balaban J connectivity index is 2.16. The highest BCUT2D eigenvalue weighted by atomic mass is 28.3. The van der Waals surface area contributed by atoms with Crippen molar-refractivity contribution in [3.8, 4) is 11.3 Å². The number of Topliss-reactive ketones (excluding diaryl/α,β-unsaturated/α-hetero) is 1. The summed E-state index contributed by atoms with van der Waals surface area (Å²) in [5.74, 6) is -0.0865. The van der Waals surface area contributed by atoms with Gasteiger partial charge in [-0.3, -0.25) is 4.79 Å². The van der Waals surface area contributed by atoms with Crippen LogP contribution >= 0.6 is 0 Å². The van der Waals surface area contributed by atoms with Gasteiger partial charge in [-0.15, -0.1) is 5.10 Å². The topological polar surface area (TPSA) is 57.0 Å². The van der Waals surface area contributed by atoms with Crippen molar-refractivity contribution in [3.05, 3.63) is 35.5 Å². The van der Waals surface area contributed by atoms with Crippen molar-refractivity contribution in [1.82, 2.24) is 15.0 Å². The van der Waals surface area contributed by atoms with Crippen LogP contribution in [-0.2, 0) is 11.5 Å². The summed E-state index contributed by atoms with van der Waals surface area (Å²) >= 11 is 0. The molecule has 0 saturated carbocycles. The molecule has 0 unspecified atom stereocenters. The van der Waals surface area contributed by atoms with Gasteiger partial charge in [0.25, 0.3) is 0 Å². The number of hydrogen-bond donors (Lipinski definition) is 0. The number of benzene rings is 1. The lowest BCUT2D eigenvalue weighted by molar-refractivity contribution is 0.0682. The van der Waals surface area contributed by atoms with Crippen LogP contribution in [-0.4, -0.2) is 35.5 Å². The summed E-state index contributed by atoms with van der Waals surface area (Å²) in [4.78, 5) is 13.3. The minimum absolute atomic E-state index is 0.0865. The summed E-state index contributed by atoms with van der Waals surface area (Å²) in [6.45, 7) is 11.4. The third kappa shape index (κ3) is 4.84. The Morgan fingerprint density at radius 3 is 2.52 bits per heavy atom. The molecule has 0 radical (unpaired) electrons. The first-order valence-electron chi connectivity index (χ1n) is 7.88. The van der Waals surface area contributed by atoms with Crippen LogP contribution in [0.2, 0.25) is 25.7 Å². The second-order valence-corrected chi connectivity index (χ2v) is 12.6. The van der Waals surface area contributed by atoms with Crippen molar-refractivity contribution in [3.63, 3.8) is 0 Å². The van der Waals surface area contributed by atoms with Crippen LogP contribution in [0.15, 0.2) is 24.3 Å². The number of aromatic nitrogens is 3. The van der Waals surface area contributed by atoms with Crippen LogP contribution in [0, 0.1) is 6.92 Å². The molecule has 0 aliphatic heterocycles. The molecule has 124 valence electrons. The van der Waals surface area contributed by atoms with Crippen LogP contribution in [0.5, 0.6) is 0 Å². The second kappa shape index (κ2) is 7.19. The Kier molecular flexibility index (Phi) is 5.49. The van der Waals surface area contributed by atoms with Gasteiger partial charge in [-0.25, -0.2) is 0 Å². The summed E-state index contributed by atoms with van der Waals surface area (Å²) < 4.78 is 5.67. The molecule has 0 bridgehead atoms. The summed E-state index contributed by atoms with van der Waals surface area (Å²) in [7, 11) is -1.11. The molecule has 0 fully saturated rings. The highest BCUT2D eigenvalue weighted by Crippen LogP contribution is 2.24. The Morgan fingerprint density at radius 2 is 1.91 bits per heavy atom. The molecular weight excluding hydrogens is 306 g/mol. The number of ketones is 1. The lowest BCUT2D eigenvalue weighted by Crippen LogP contribution is -2.22. The SMILES string of the molecule is CC(=O)c1nn(COCC[Si](C)(C)C)nc1-c1ccccc1C. The fraction of sp³-hybridized carbons (Fsp3) is 0.471. The molecule has 0 aliphatic rings. The molecule has 23 heavy (non-hydrogen) atoms. The maximum atomic E-state index is 11.9. The van der Waals surface area contributed by atoms with Crippen LogP contribution < -0.4 is 0 Å². The quantitative estimate of drug-likeness (QED) is 0.440. The first kappa shape index (κ1) is 17.6. The van der Waals surface area contributed by atoms with Gasteiger partial charge in [0.1, 0.15) is 5.69 Å². The van der Waals surface area contributed by atoms with Gasteiger partial charge in [0, 0.05) is 27.2 Å². The molecule has 0 atom stereocenters. The van der Waals surface area contributed by atoms with Crippen molar-refractivity contribution in [2.45, 2.75) is 46.3 Å². The Bertz CT molecular complexity index is 689. The molecule has 1 aromatic heterocycles. The summed E-state index contributed by atoms with van der Waals surface area (Å²) in [5.41, 5.74) is 3.03. The van der Waals surface area contributed by atoms with Gasteiger partial charge in [-0.2, -0.15) is 9.90 Å². The zero-order valence-electron chi connectivity index (χ0n) is 14.6. The zero-order chi connectivity index (χ0) is 17.0. The minimum Gasteiger partial charge on any atom is -0.358 e. The van der Waals surface area contributed by atoms with Crippen LogP contribution in [0.3, 0.4) is 0 Å². The van der Waals surface area contributed by atoms with Gasteiger partial charge >= 0.3 is 0 Å². The number of aryl methyl sites for hydroxylation is 1. The molecular formula is C17H25N3O2Si. The maximum Gasteiger partial charge on any atom is 0.182 e. The van der Waals surface area contributed by atoms with E-state index in [-0.39, 0.29) is 12.5 Å². The summed E-state index contributed by atoms with van der Waals surface area (Å²) in [5, 5.41) is 8.77. The molecule has 2 rings (SSSR count). The Labute approximate surface area is 138 Å². The lowest BCUT2D eigenvalue weighted by atomic mass is 10.0. The highest BCUT2D eigenvalue weighted by Gasteiger charge is 2.18. The van der Waals surface area contributed by atoms with Crippen molar-refractivity contribution in [2.24, 2.45) is 0 Å². The zero-order valence-corrected chi connectivity index (χ0v) is 15.6. The lowest BCUT2D eigenvalue weighted by Gasteiger charge is -2.14. The average molecular weight is 331 g/mol. The van der Waals surface area contributed by atoms with E-state index in [0.717, 1.165) is 17.2 Å². The molecule has 2 aromatic rings. The smallest absolute Gasteiger partial charge is 0.182 e. The van der Waals surface area contributed by atoms with Crippen LogP contribution in [0.4, 0.5) is 0 Å². The molecule has 1 aromatic carbocycles. The standard InChI is InChI=1S/C17H25N3O2Si/c1-13-8-6-7-9-15(13)17-16(14(2)21)18-20(19-17)12-22-10-11-23(3,4)5/h6-9H,10-12H2,1-5H3. The van der Waals surface area contributed by atoms with Gasteiger partial charge < -0.3 is 4.74 Å². The van der Waals surface area contributed by atoms with Gasteiger partial charge in [0.05, 0.1) is 0 Å². The van der Waals surface area contributed by atoms with Gasteiger partial charge in [-0.05, 0) is 18.5 Å². The number of nitrogens with zero attached hydrogens (tertiary/aromatic N) is 3. The molecule has 5 nitrogen and oxygen atoms in total. The molecule has 0 amide bonds. The Morgan fingerprint density at radius 1 is 1.22 bits per heavy atom. The monoisotopic (exact) mass is 331 g/mol. The third-order valence-electron chi connectivity index (χ3n) is 3.59. The maximum absolute atomic E-state index is 11.9. The van der Waals surface area contributed by atoms with Crippen LogP contribution in [0.1, 0.15) is 23.0 Å². The van der Waals surface area contributed by atoms with Crippen LogP contribution in [0.25, 0.3) is 11.3 Å². The second-order valence-electron chi connectivity index (χ2n) is 6.99. The highest BCUT2D eigenvalue weighted by molar-refractivity contribution is 6.76. The van der Waals surface area contributed by atoms with E-state index in [2.05, 4.69) is 29.8 Å². The van der Waals surface area contributed by atoms with E-state index < -0.39 is 8.07 Å².